The molecule has 0 aliphatic carbocycles. The summed E-state index contributed by atoms with van der Waals surface area (Å²) in [7, 11) is 0. The Morgan fingerprint density at radius 1 is 1.33 bits per heavy atom. The number of aliphatic hydroxyl groups is 1. The lowest BCUT2D eigenvalue weighted by Crippen LogP contribution is -2.44. The monoisotopic (exact) mass is 244 g/mol. The molecule has 0 amide bonds. The molecular formula is C15H20N2O. The van der Waals surface area contributed by atoms with E-state index in [2.05, 4.69) is 29.4 Å². The second-order valence-electron chi connectivity index (χ2n) is 4.94. The summed E-state index contributed by atoms with van der Waals surface area (Å²) >= 11 is 0. The van der Waals surface area contributed by atoms with Gasteiger partial charge in [-0.2, -0.15) is 0 Å². The van der Waals surface area contributed by atoms with Crippen LogP contribution in [0.5, 0.6) is 0 Å². The Hall–Kier alpha value is -1.45. The molecule has 96 valence electrons. The van der Waals surface area contributed by atoms with E-state index < -0.39 is 0 Å². The Balaban J connectivity index is 2.22. The van der Waals surface area contributed by atoms with Crippen molar-refractivity contribution in [1.82, 2.24) is 10.3 Å². The molecule has 3 heteroatoms. The van der Waals surface area contributed by atoms with E-state index in [0.29, 0.717) is 0 Å². The maximum atomic E-state index is 9.40. The number of nitrogens with one attached hydrogen (secondary N) is 1. The first-order valence-electron chi connectivity index (χ1n) is 6.36. The van der Waals surface area contributed by atoms with Gasteiger partial charge in [0.2, 0.25) is 0 Å². The number of rotatable bonds is 5. The summed E-state index contributed by atoms with van der Waals surface area (Å²) in [6.07, 6.45) is 4.59. The normalized spacial score (nSPS) is 14.6. The Bertz CT molecular complexity index is 515. The number of pyridine rings is 1. The van der Waals surface area contributed by atoms with Gasteiger partial charge in [0.1, 0.15) is 0 Å². The largest absolute Gasteiger partial charge is 0.394 e. The molecule has 1 aromatic heterocycles. The third kappa shape index (κ3) is 2.68. The highest BCUT2D eigenvalue weighted by atomic mass is 16.3. The summed E-state index contributed by atoms with van der Waals surface area (Å²) in [5, 5.41) is 15.2. The van der Waals surface area contributed by atoms with Crippen LogP contribution in [0.1, 0.15) is 25.8 Å². The Labute approximate surface area is 108 Å². The van der Waals surface area contributed by atoms with Crippen molar-refractivity contribution in [2.75, 3.05) is 6.61 Å². The number of aromatic nitrogens is 1. The SMILES string of the molecule is CCC(C)(CO)NCc1cccc2cnccc12. The molecule has 3 nitrogen and oxygen atoms in total. The Morgan fingerprint density at radius 2 is 2.17 bits per heavy atom. The second kappa shape index (κ2) is 5.46. The van der Waals surface area contributed by atoms with Crippen molar-refractivity contribution in [2.24, 2.45) is 0 Å². The van der Waals surface area contributed by atoms with E-state index in [0.717, 1.165) is 18.4 Å². The Kier molecular flexibility index (Phi) is 3.94. The predicted octanol–water partition coefficient (Wildman–Crippen LogP) is 2.49. The molecule has 1 heterocycles. The molecule has 0 fully saturated rings. The first-order chi connectivity index (χ1) is 8.68. The topological polar surface area (TPSA) is 45.1 Å². The van der Waals surface area contributed by atoms with Crippen molar-refractivity contribution in [3.63, 3.8) is 0 Å². The molecule has 0 saturated carbocycles. The molecule has 0 bridgehead atoms. The molecule has 0 aliphatic heterocycles. The molecule has 2 N–H and O–H groups in total. The van der Waals surface area contributed by atoms with Crippen LogP contribution in [0.2, 0.25) is 0 Å². The van der Waals surface area contributed by atoms with Crippen LogP contribution in [0.15, 0.2) is 36.7 Å². The van der Waals surface area contributed by atoms with E-state index in [9.17, 15) is 5.11 Å². The van der Waals surface area contributed by atoms with Crippen LogP contribution < -0.4 is 5.32 Å². The van der Waals surface area contributed by atoms with Crippen LogP contribution in [0, 0.1) is 0 Å². The number of nitrogens with zero attached hydrogens (tertiary/aromatic N) is 1. The molecule has 2 aromatic rings. The van der Waals surface area contributed by atoms with Gasteiger partial charge < -0.3 is 10.4 Å². The third-order valence-corrected chi connectivity index (χ3v) is 3.61. The van der Waals surface area contributed by atoms with Crippen LogP contribution in [-0.2, 0) is 6.54 Å². The molecule has 0 radical (unpaired) electrons. The predicted molar refractivity (Wildman–Crippen MR) is 74.4 cm³/mol. The van der Waals surface area contributed by atoms with Gasteiger partial charge in [-0.3, -0.25) is 4.98 Å². The lowest BCUT2D eigenvalue weighted by Gasteiger charge is -2.27. The lowest BCUT2D eigenvalue weighted by molar-refractivity contribution is 0.169. The second-order valence-corrected chi connectivity index (χ2v) is 4.94. The zero-order valence-electron chi connectivity index (χ0n) is 11.0. The molecule has 1 aromatic carbocycles. The van der Waals surface area contributed by atoms with E-state index in [4.69, 9.17) is 0 Å². The fourth-order valence-corrected chi connectivity index (χ4v) is 1.95. The van der Waals surface area contributed by atoms with Crippen LogP contribution in [0.25, 0.3) is 10.8 Å². The summed E-state index contributed by atoms with van der Waals surface area (Å²) < 4.78 is 0. The van der Waals surface area contributed by atoms with Gasteiger partial charge in [-0.05, 0) is 30.4 Å². The average molecular weight is 244 g/mol. The van der Waals surface area contributed by atoms with Gasteiger partial charge in [-0.15, -0.1) is 0 Å². The standard InChI is InChI=1S/C15H20N2O/c1-3-15(2,11-18)17-10-13-6-4-5-12-9-16-8-7-14(12)13/h4-9,17-18H,3,10-11H2,1-2H3. The number of aliphatic hydroxyl groups excluding tert-OH is 1. The van der Waals surface area contributed by atoms with Crippen molar-refractivity contribution in [2.45, 2.75) is 32.4 Å². The molecule has 1 atom stereocenters. The molecule has 0 spiro atoms. The maximum absolute atomic E-state index is 9.40. The van der Waals surface area contributed by atoms with Gasteiger partial charge in [0.15, 0.2) is 0 Å². The molecule has 0 saturated heterocycles. The van der Waals surface area contributed by atoms with Crippen LogP contribution in [0.4, 0.5) is 0 Å². The highest BCUT2D eigenvalue weighted by molar-refractivity contribution is 5.84. The zero-order chi connectivity index (χ0) is 13.0. The Morgan fingerprint density at radius 3 is 2.89 bits per heavy atom. The van der Waals surface area contributed by atoms with Crippen molar-refractivity contribution in [3.05, 3.63) is 42.2 Å². The summed E-state index contributed by atoms with van der Waals surface area (Å²) in [5.41, 5.74) is 1.03. The number of fused-ring (bicyclic) bond motifs is 1. The van der Waals surface area contributed by atoms with Crippen molar-refractivity contribution < 1.29 is 5.11 Å². The summed E-state index contributed by atoms with van der Waals surface area (Å²) in [4.78, 5) is 4.13. The molecule has 2 rings (SSSR count). The highest BCUT2D eigenvalue weighted by Crippen LogP contribution is 2.18. The van der Waals surface area contributed by atoms with E-state index >= 15 is 0 Å². The van der Waals surface area contributed by atoms with Gasteiger partial charge in [0, 0.05) is 29.9 Å². The van der Waals surface area contributed by atoms with Crippen LogP contribution in [0.3, 0.4) is 0 Å². The van der Waals surface area contributed by atoms with Gasteiger partial charge in [-0.1, -0.05) is 25.1 Å². The number of hydrogen-bond donors (Lipinski definition) is 2. The summed E-state index contributed by atoms with van der Waals surface area (Å²) in [5.74, 6) is 0. The van der Waals surface area contributed by atoms with E-state index in [1.54, 1.807) is 0 Å². The zero-order valence-corrected chi connectivity index (χ0v) is 11.0. The van der Waals surface area contributed by atoms with Crippen LogP contribution in [-0.4, -0.2) is 22.2 Å². The quantitative estimate of drug-likeness (QED) is 0.849. The van der Waals surface area contributed by atoms with E-state index in [1.165, 1.54) is 10.9 Å². The minimum absolute atomic E-state index is 0.149. The van der Waals surface area contributed by atoms with Crippen molar-refractivity contribution >= 4 is 10.8 Å². The smallest absolute Gasteiger partial charge is 0.0610 e. The number of hydrogen-bond acceptors (Lipinski definition) is 3. The van der Waals surface area contributed by atoms with Gasteiger partial charge in [0.05, 0.1) is 6.61 Å². The highest BCUT2D eigenvalue weighted by Gasteiger charge is 2.19. The fraction of sp³-hybridized carbons (Fsp3) is 0.400. The fourth-order valence-electron chi connectivity index (χ4n) is 1.95. The van der Waals surface area contributed by atoms with E-state index in [1.807, 2.05) is 31.5 Å². The minimum Gasteiger partial charge on any atom is -0.394 e. The molecule has 0 aliphatic rings. The average Bonchev–Trinajstić information content (AvgIpc) is 2.44. The first kappa shape index (κ1) is 13.0. The molecule has 18 heavy (non-hydrogen) atoms. The number of benzene rings is 1. The summed E-state index contributed by atoms with van der Waals surface area (Å²) in [6, 6.07) is 8.26. The van der Waals surface area contributed by atoms with Gasteiger partial charge in [-0.25, -0.2) is 0 Å². The minimum atomic E-state index is -0.213. The lowest BCUT2D eigenvalue weighted by atomic mass is 9.99. The van der Waals surface area contributed by atoms with Crippen molar-refractivity contribution in [3.8, 4) is 0 Å². The van der Waals surface area contributed by atoms with Crippen LogP contribution >= 0.6 is 0 Å². The third-order valence-electron chi connectivity index (χ3n) is 3.61. The van der Waals surface area contributed by atoms with Crippen molar-refractivity contribution in [1.29, 1.82) is 0 Å². The molecule has 1 unspecified atom stereocenters. The summed E-state index contributed by atoms with van der Waals surface area (Å²) in [6.45, 7) is 5.03. The van der Waals surface area contributed by atoms with E-state index in [-0.39, 0.29) is 12.1 Å². The molecular weight excluding hydrogens is 224 g/mol. The van der Waals surface area contributed by atoms with Gasteiger partial charge >= 0.3 is 0 Å². The first-order valence-corrected chi connectivity index (χ1v) is 6.36. The maximum Gasteiger partial charge on any atom is 0.0610 e. The van der Waals surface area contributed by atoms with Gasteiger partial charge in [0.25, 0.3) is 0 Å².